The van der Waals surface area contributed by atoms with Crippen molar-refractivity contribution in [1.82, 2.24) is 10.2 Å². The molecule has 0 radical (unpaired) electrons. The van der Waals surface area contributed by atoms with Crippen LogP contribution in [-0.4, -0.2) is 47.7 Å². The van der Waals surface area contributed by atoms with Gasteiger partial charge in [-0.05, 0) is 68.9 Å². The van der Waals surface area contributed by atoms with Gasteiger partial charge in [-0.25, -0.2) is 13.6 Å². The van der Waals surface area contributed by atoms with Crippen molar-refractivity contribution in [2.24, 2.45) is 5.92 Å². The maximum Gasteiger partial charge on any atom is 0.408 e. The van der Waals surface area contributed by atoms with Crippen LogP contribution in [0.5, 0.6) is 0 Å². The minimum atomic E-state index is -1.31. The van der Waals surface area contributed by atoms with Gasteiger partial charge in [0.2, 0.25) is 5.91 Å². The van der Waals surface area contributed by atoms with Crippen LogP contribution in [0.3, 0.4) is 0 Å². The van der Waals surface area contributed by atoms with Crippen LogP contribution in [0.15, 0.2) is 36.4 Å². The quantitative estimate of drug-likeness (QED) is 0.376. The van der Waals surface area contributed by atoms with E-state index >= 15 is 0 Å². The van der Waals surface area contributed by atoms with Gasteiger partial charge in [-0.1, -0.05) is 12.1 Å². The average molecular weight is 547 g/mol. The molecule has 210 valence electrons. The Morgan fingerprint density at radius 1 is 1.13 bits per heavy atom. The number of alkyl carbamates (subject to hydrolysis) is 1. The molecule has 1 fully saturated rings. The van der Waals surface area contributed by atoms with Gasteiger partial charge in [0.1, 0.15) is 40.7 Å². The molecule has 0 spiro atoms. The molecule has 1 saturated heterocycles. The highest BCUT2D eigenvalue weighted by Crippen LogP contribution is 2.37. The predicted molar refractivity (Wildman–Crippen MR) is 136 cm³/mol. The Hall–Kier alpha value is -3.61. The van der Waals surface area contributed by atoms with E-state index in [1.165, 1.54) is 11.0 Å². The van der Waals surface area contributed by atoms with Crippen LogP contribution in [0, 0.1) is 22.8 Å². The third kappa shape index (κ3) is 6.52. The summed E-state index contributed by atoms with van der Waals surface area (Å²) in [6.07, 6.45) is 0.181. The molecule has 12 heteroatoms. The van der Waals surface area contributed by atoms with Crippen molar-refractivity contribution in [3.63, 3.8) is 0 Å². The molecule has 2 aliphatic rings. The van der Waals surface area contributed by atoms with E-state index in [0.717, 1.165) is 18.2 Å². The van der Waals surface area contributed by atoms with E-state index in [1.807, 2.05) is 0 Å². The smallest absolute Gasteiger partial charge is 0.408 e. The Balaban J connectivity index is 1.69. The number of quaternary nitrogens is 1. The number of rotatable bonds is 6. The normalized spacial score (nSPS) is 18.3. The molecule has 0 bridgehead atoms. The second-order valence-corrected chi connectivity index (χ2v) is 10.6. The monoisotopic (exact) mass is 546 g/mol. The number of nitrogens with zero attached hydrogens (tertiary/aromatic N) is 1. The number of benzene rings is 2. The topological polar surface area (TPSA) is 137 Å². The van der Waals surface area contributed by atoms with E-state index < -0.39 is 52.9 Å². The van der Waals surface area contributed by atoms with Crippen LogP contribution in [0.1, 0.15) is 50.8 Å². The molecule has 10 nitrogen and oxygen atoms in total. The molecule has 3 amide bonds. The Bertz CT molecular complexity index is 1230. The van der Waals surface area contributed by atoms with Gasteiger partial charge < -0.3 is 35.7 Å². The molecule has 2 aliphatic heterocycles. The lowest BCUT2D eigenvalue weighted by Gasteiger charge is -2.35. The van der Waals surface area contributed by atoms with E-state index in [1.54, 1.807) is 32.9 Å². The zero-order valence-electron chi connectivity index (χ0n) is 22.0. The highest BCUT2D eigenvalue weighted by atomic mass is 19.1. The largest absolute Gasteiger partial charge is 0.630 e. The van der Waals surface area contributed by atoms with Crippen molar-refractivity contribution in [3.05, 3.63) is 64.4 Å². The summed E-state index contributed by atoms with van der Waals surface area (Å²) in [5.74, 6) is -3.69. The van der Waals surface area contributed by atoms with Gasteiger partial charge >= 0.3 is 6.09 Å². The zero-order chi connectivity index (χ0) is 28.3. The molecule has 2 heterocycles. The van der Waals surface area contributed by atoms with Crippen molar-refractivity contribution < 1.29 is 38.1 Å². The van der Waals surface area contributed by atoms with Crippen LogP contribution in [0.2, 0.25) is 0 Å². The van der Waals surface area contributed by atoms with Crippen LogP contribution in [0.4, 0.5) is 25.0 Å². The summed E-state index contributed by atoms with van der Waals surface area (Å²) in [7, 11) is 0. The minimum Gasteiger partial charge on any atom is -0.630 e. The number of para-hydroxylation sites is 1. The molecule has 4 N–H and O–H groups in total. The van der Waals surface area contributed by atoms with E-state index in [0.29, 0.717) is 42.7 Å². The Labute approximate surface area is 224 Å². The first-order chi connectivity index (χ1) is 18.5. The van der Waals surface area contributed by atoms with Crippen LogP contribution in [-0.2, 0) is 25.6 Å². The summed E-state index contributed by atoms with van der Waals surface area (Å²) in [6, 6.07) is 5.46. The summed E-state index contributed by atoms with van der Waals surface area (Å²) in [5.41, 5.74) is 0.352. The lowest BCUT2D eigenvalue weighted by atomic mass is 9.90. The second kappa shape index (κ2) is 11.6. The van der Waals surface area contributed by atoms with E-state index in [9.17, 15) is 28.4 Å². The highest BCUT2D eigenvalue weighted by molar-refractivity contribution is 6.00. The van der Waals surface area contributed by atoms with Gasteiger partial charge in [0.15, 0.2) is 0 Å². The SMILES string of the molecule is CC(C)(C)OC(=O)N[C@H](C(=O)N1Cc2ccc([NH2+][O-])cc2[C@H]1C(=O)Nc1c(F)cccc1F)C1CCOCC1. The van der Waals surface area contributed by atoms with Crippen molar-refractivity contribution >= 4 is 29.3 Å². The Morgan fingerprint density at radius 3 is 2.41 bits per heavy atom. The Morgan fingerprint density at radius 2 is 1.79 bits per heavy atom. The van der Waals surface area contributed by atoms with Gasteiger partial charge in [0.05, 0.1) is 0 Å². The van der Waals surface area contributed by atoms with Gasteiger partial charge in [-0.2, -0.15) is 0 Å². The van der Waals surface area contributed by atoms with Gasteiger partial charge in [0, 0.05) is 25.8 Å². The molecule has 4 rings (SSSR count). The number of carbonyl (C=O) groups is 3. The fraction of sp³-hybridized carbons (Fsp3) is 0.444. The molecule has 39 heavy (non-hydrogen) atoms. The van der Waals surface area contributed by atoms with Crippen LogP contribution < -0.4 is 16.1 Å². The van der Waals surface area contributed by atoms with E-state index in [-0.39, 0.29) is 18.2 Å². The Kier molecular flexibility index (Phi) is 8.48. The first-order valence-electron chi connectivity index (χ1n) is 12.7. The van der Waals surface area contributed by atoms with Crippen molar-refractivity contribution in [2.45, 2.75) is 57.8 Å². The molecule has 2 aromatic rings. The number of fused-ring (bicyclic) bond motifs is 1. The fourth-order valence-electron chi connectivity index (χ4n) is 4.87. The number of halogens is 2. The average Bonchev–Trinajstić information content (AvgIpc) is 3.27. The molecule has 0 unspecified atom stereocenters. The first kappa shape index (κ1) is 28.4. The van der Waals surface area contributed by atoms with E-state index in [4.69, 9.17) is 9.47 Å². The number of anilines is 1. The lowest BCUT2D eigenvalue weighted by molar-refractivity contribution is -0.497. The third-order valence-corrected chi connectivity index (χ3v) is 6.67. The van der Waals surface area contributed by atoms with Crippen LogP contribution >= 0.6 is 0 Å². The predicted octanol–water partition coefficient (Wildman–Crippen LogP) is 3.00. The molecule has 0 aromatic heterocycles. The molecule has 2 aromatic carbocycles. The highest BCUT2D eigenvalue weighted by Gasteiger charge is 2.44. The number of hydrogen-bond donors (Lipinski definition) is 3. The summed E-state index contributed by atoms with van der Waals surface area (Å²) >= 11 is 0. The maximum absolute atomic E-state index is 14.4. The second-order valence-electron chi connectivity index (χ2n) is 10.6. The minimum absolute atomic E-state index is 0.0130. The molecule has 0 saturated carbocycles. The fourth-order valence-corrected chi connectivity index (χ4v) is 4.87. The molecule has 2 atom stereocenters. The maximum atomic E-state index is 14.4. The molecular formula is C27H32F2N4O6. The third-order valence-electron chi connectivity index (χ3n) is 6.67. The number of carbonyl (C=O) groups excluding carboxylic acids is 3. The number of nitrogens with two attached hydrogens (primary N) is 1. The molecule has 0 aliphatic carbocycles. The van der Waals surface area contributed by atoms with Crippen molar-refractivity contribution in [3.8, 4) is 0 Å². The summed E-state index contributed by atoms with van der Waals surface area (Å²) in [5, 5.41) is 16.4. The van der Waals surface area contributed by atoms with Crippen LogP contribution in [0.25, 0.3) is 0 Å². The van der Waals surface area contributed by atoms with Crippen molar-refractivity contribution in [1.29, 1.82) is 0 Å². The first-order valence-corrected chi connectivity index (χ1v) is 12.7. The van der Waals surface area contributed by atoms with Gasteiger partial charge in [-0.15, -0.1) is 0 Å². The number of amides is 3. The summed E-state index contributed by atoms with van der Waals surface area (Å²) < 4.78 is 39.5. The summed E-state index contributed by atoms with van der Waals surface area (Å²) in [4.78, 5) is 41.6. The lowest BCUT2D eigenvalue weighted by Crippen LogP contribution is -2.70. The van der Waals surface area contributed by atoms with Crippen molar-refractivity contribution in [2.75, 3.05) is 18.5 Å². The van der Waals surface area contributed by atoms with Gasteiger partial charge in [0.25, 0.3) is 5.91 Å². The standard InChI is InChI=1S/C27H32F2N4O6/c1-27(2,3)39-26(36)31-21(15-9-11-38-12-10-15)25(35)33-14-16-7-8-17(32-37)13-18(16)23(33)24(34)30-22-19(28)5-4-6-20(22)29/h4-8,13,15,21,23H,9-12,14,32H2,1-3H3,(H,30,34)(H,31,36)/t21-,23-/m0/s1. The van der Waals surface area contributed by atoms with Gasteiger partial charge in [-0.3, -0.25) is 9.59 Å². The van der Waals surface area contributed by atoms with E-state index in [2.05, 4.69) is 10.6 Å². The number of nitrogens with one attached hydrogen (secondary N) is 2. The summed E-state index contributed by atoms with van der Waals surface area (Å²) in [6.45, 7) is 5.86. The zero-order valence-corrected chi connectivity index (χ0v) is 22.0. The number of hydrogen-bond acceptors (Lipinski definition) is 6. The molecular weight excluding hydrogens is 514 g/mol. The number of ether oxygens (including phenoxy) is 2.